The van der Waals surface area contributed by atoms with E-state index in [0.717, 1.165) is 0 Å². The number of H-pyrrole nitrogens is 1. The molecule has 6 heteroatoms. The van der Waals surface area contributed by atoms with E-state index in [9.17, 15) is 14.7 Å². The molecule has 1 saturated heterocycles. The molecule has 1 aliphatic carbocycles. The molecule has 2 N–H and O–H groups in total. The molecule has 1 aliphatic heterocycles. The Morgan fingerprint density at radius 1 is 1.59 bits per heavy atom. The average Bonchev–Trinajstić information content (AvgIpc) is 2.96. The van der Waals surface area contributed by atoms with Gasteiger partial charge in [-0.2, -0.15) is 0 Å². The Balaban J connectivity index is 2.05. The molecule has 0 bridgehead atoms. The van der Waals surface area contributed by atoms with Gasteiger partial charge in [0.05, 0.1) is 11.6 Å². The lowest BCUT2D eigenvalue weighted by Crippen LogP contribution is -2.35. The number of ether oxygens (including phenoxy) is 1. The summed E-state index contributed by atoms with van der Waals surface area (Å²) in [7, 11) is 0. The highest BCUT2D eigenvalue weighted by Crippen LogP contribution is 2.51. The van der Waals surface area contributed by atoms with Crippen LogP contribution in [-0.2, 0) is 4.74 Å². The van der Waals surface area contributed by atoms with Gasteiger partial charge in [-0.05, 0) is 13.8 Å². The van der Waals surface area contributed by atoms with E-state index in [4.69, 9.17) is 4.74 Å². The van der Waals surface area contributed by atoms with Crippen LogP contribution in [0, 0.1) is 6.92 Å². The van der Waals surface area contributed by atoms with Gasteiger partial charge in [-0.25, -0.2) is 4.79 Å². The third-order valence-corrected chi connectivity index (χ3v) is 3.64. The molecule has 0 unspecified atom stereocenters. The maximum atomic E-state index is 11.7. The molecule has 3 rings (SSSR count). The lowest BCUT2D eigenvalue weighted by molar-refractivity contribution is 0.00873. The highest BCUT2D eigenvalue weighted by atomic mass is 16.6. The van der Waals surface area contributed by atoms with Crippen LogP contribution in [0.3, 0.4) is 0 Å². The van der Waals surface area contributed by atoms with E-state index in [1.54, 1.807) is 13.8 Å². The number of epoxide rings is 1. The number of aliphatic hydroxyl groups is 1. The SMILES string of the molecule is Cc1cn([C@@H]2C[C@@](C)(O)[C@H]3O[C@@H]23)c(=O)[nH]c1=O. The van der Waals surface area contributed by atoms with Crippen LogP contribution < -0.4 is 11.2 Å². The van der Waals surface area contributed by atoms with E-state index in [0.29, 0.717) is 12.0 Å². The zero-order valence-corrected chi connectivity index (χ0v) is 9.64. The van der Waals surface area contributed by atoms with E-state index >= 15 is 0 Å². The molecule has 2 fully saturated rings. The molecule has 0 amide bonds. The molecule has 2 aliphatic rings. The van der Waals surface area contributed by atoms with Crippen molar-refractivity contribution < 1.29 is 9.84 Å². The Morgan fingerprint density at radius 3 is 2.82 bits per heavy atom. The largest absolute Gasteiger partial charge is 0.387 e. The second-order valence-electron chi connectivity index (χ2n) is 5.13. The molecule has 0 aromatic carbocycles. The minimum absolute atomic E-state index is 0.118. The molecule has 1 aromatic heterocycles. The first-order valence-corrected chi connectivity index (χ1v) is 5.60. The fourth-order valence-corrected chi connectivity index (χ4v) is 2.66. The van der Waals surface area contributed by atoms with Crippen molar-refractivity contribution in [3.05, 3.63) is 32.6 Å². The highest BCUT2D eigenvalue weighted by molar-refractivity contribution is 5.14. The molecule has 2 heterocycles. The summed E-state index contributed by atoms with van der Waals surface area (Å²) in [5.74, 6) is 0. The predicted octanol–water partition coefficient (Wildman–Crippen LogP) is -0.692. The Kier molecular flexibility index (Phi) is 1.95. The minimum Gasteiger partial charge on any atom is -0.387 e. The summed E-state index contributed by atoms with van der Waals surface area (Å²) in [6.07, 6.45) is 1.69. The summed E-state index contributed by atoms with van der Waals surface area (Å²) in [4.78, 5) is 25.3. The molecule has 1 aromatic rings. The van der Waals surface area contributed by atoms with Crippen molar-refractivity contribution in [3.63, 3.8) is 0 Å². The van der Waals surface area contributed by atoms with Crippen LogP contribution >= 0.6 is 0 Å². The van der Waals surface area contributed by atoms with Gasteiger partial charge < -0.3 is 9.84 Å². The van der Waals surface area contributed by atoms with E-state index in [2.05, 4.69) is 4.98 Å². The van der Waals surface area contributed by atoms with Crippen molar-refractivity contribution in [3.8, 4) is 0 Å². The number of hydrogen-bond acceptors (Lipinski definition) is 4. The van der Waals surface area contributed by atoms with Gasteiger partial charge in [0, 0.05) is 18.2 Å². The van der Waals surface area contributed by atoms with Gasteiger partial charge in [-0.3, -0.25) is 14.3 Å². The lowest BCUT2D eigenvalue weighted by Gasteiger charge is -2.21. The second kappa shape index (κ2) is 3.08. The molecule has 1 saturated carbocycles. The van der Waals surface area contributed by atoms with Crippen LogP contribution in [0.5, 0.6) is 0 Å². The number of aryl methyl sites for hydroxylation is 1. The predicted molar refractivity (Wildman–Crippen MR) is 59.0 cm³/mol. The molecule has 0 radical (unpaired) electrons. The second-order valence-corrected chi connectivity index (χ2v) is 5.13. The maximum Gasteiger partial charge on any atom is 0.328 e. The highest BCUT2D eigenvalue weighted by Gasteiger charge is 2.63. The number of aromatic amines is 1. The fourth-order valence-electron chi connectivity index (χ4n) is 2.66. The third kappa shape index (κ3) is 1.48. The van der Waals surface area contributed by atoms with Crippen LogP contribution in [0.1, 0.15) is 24.9 Å². The van der Waals surface area contributed by atoms with Crippen LogP contribution in [0.4, 0.5) is 0 Å². The fraction of sp³-hybridized carbons (Fsp3) is 0.636. The van der Waals surface area contributed by atoms with Crippen LogP contribution in [0.15, 0.2) is 15.8 Å². The standard InChI is InChI=1S/C11H14N2O4/c1-5-4-13(10(15)12-9(5)14)6-3-11(2,16)8-7(6)17-8/h4,6-8,16H,3H2,1-2H3,(H,12,14,15)/t6-,7+,8+,11-/m1/s1. The monoisotopic (exact) mass is 238 g/mol. The van der Waals surface area contributed by atoms with Crippen molar-refractivity contribution >= 4 is 0 Å². The van der Waals surface area contributed by atoms with Crippen molar-refractivity contribution in [2.45, 2.75) is 44.1 Å². The molecule has 6 nitrogen and oxygen atoms in total. The number of rotatable bonds is 1. The van der Waals surface area contributed by atoms with E-state index in [1.807, 2.05) is 0 Å². The Hall–Kier alpha value is -1.40. The van der Waals surface area contributed by atoms with Gasteiger partial charge >= 0.3 is 5.69 Å². The van der Waals surface area contributed by atoms with Gasteiger partial charge in [0.2, 0.25) is 0 Å². The number of fused-ring (bicyclic) bond motifs is 1. The quantitative estimate of drug-likeness (QED) is 0.634. The van der Waals surface area contributed by atoms with Gasteiger partial charge in [-0.15, -0.1) is 0 Å². The molecule has 0 spiro atoms. The van der Waals surface area contributed by atoms with Gasteiger partial charge in [-0.1, -0.05) is 0 Å². The van der Waals surface area contributed by atoms with Crippen LogP contribution in [-0.4, -0.2) is 32.5 Å². The van der Waals surface area contributed by atoms with E-state index < -0.39 is 11.3 Å². The Bertz CT molecular complexity index is 586. The lowest BCUT2D eigenvalue weighted by atomic mass is 10.0. The topological polar surface area (TPSA) is 87.6 Å². The van der Waals surface area contributed by atoms with Crippen molar-refractivity contribution in [2.75, 3.05) is 0 Å². The molecular formula is C11H14N2O4. The summed E-state index contributed by atoms with van der Waals surface area (Å²) >= 11 is 0. The van der Waals surface area contributed by atoms with Crippen molar-refractivity contribution in [2.24, 2.45) is 0 Å². The average molecular weight is 238 g/mol. The number of nitrogens with one attached hydrogen (secondary N) is 1. The Labute approximate surface area is 96.9 Å². The van der Waals surface area contributed by atoms with Crippen LogP contribution in [0.2, 0.25) is 0 Å². The first kappa shape index (κ1) is 10.7. The maximum absolute atomic E-state index is 11.7. The third-order valence-electron chi connectivity index (χ3n) is 3.64. The summed E-state index contributed by atoms with van der Waals surface area (Å²) < 4.78 is 6.82. The number of aromatic nitrogens is 2. The molecule has 92 valence electrons. The summed E-state index contributed by atoms with van der Waals surface area (Å²) in [6, 6.07) is -0.196. The first-order chi connectivity index (χ1) is 7.90. The normalized spacial score (nSPS) is 39.1. The minimum atomic E-state index is -0.890. The van der Waals surface area contributed by atoms with Crippen molar-refractivity contribution in [1.29, 1.82) is 0 Å². The van der Waals surface area contributed by atoms with E-state index in [1.165, 1.54) is 10.8 Å². The summed E-state index contributed by atoms with van der Waals surface area (Å²) in [5.41, 5.74) is -1.23. The van der Waals surface area contributed by atoms with Crippen LogP contribution in [0.25, 0.3) is 0 Å². The number of nitrogens with zero attached hydrogens (tertiary/aromatic N) is 1. The molecule has 4 atom stereocenters. The van der Waals surface area contributed by atoms with E-state index in [-0.39, 0.29) is 23.8 Å². The van der Waals surface area contributed by atoms with Gasteiger partial charge in [0.25, 0.3) is 5.56 Å². The van der Waals surface area contributed by atoms with Crippen molar-refractivity contribution in [1.82, 2.24) is 9.55 Å². The van der Waals surface area contributed by atoms with Gasteiger partial charge in [0.15, 0.2) is 0 Å². The summed E-state index contributed by atoms with van der Waals surface area (Å²) in [6.45, 7) is 3.36. The summed E-state index contributed by atoms with van der Waals surface area (Å²) in [5, 5.41) is 10.0. The zero-order chi connectivity index (χ0) is 12.4. The zero-order valence-electron chi connectivity index (χ0n) is 9.64. The molecule has 17 heavy (non-hydrogen) atoms. The Morgan fingerprint density at radius 2 is 2.29 bits per heavy atom. The smallest absolute Gasteiger partial charge is 0.328 e. The molecular weight excluding hydrogens is 224 g/mol. The number of hydrogen-bond donors (Lipinski definition) is 2. The van der Waals surface area contributed by atoms with Gasteiger partial charge in [0.1, 0.15) is 12.2 Å². The first-order valence-electron chi connectivity index (χ1n) is 5.60.